The van der Waals surface area contributed by atoms with Crippen LogP contribution in [0.25, 0.3) is 0 Å². The van der Waals surface area contributed by atoms with Crippen LogP contribution in [0.1, 0.15) is 30.9 Å². The Labute approximate surface area is 150 Å². The minimum atomic E-state index is -0.425. The summed E-state index contributed by atoms with van der Waals surface area (Å²) >= 11 is 0. The molecule has 2 aromatic carbocycles. The first-order chi connectivity index (χ1) is 12.2. The van der Waals surface area contributed by atoms with Crippen molar-refractivity contribution in [2.24, 2.45) is 0 Å². The minimum absolute atomic E-state index is 0.193. The Bertz CT molecular complexity index is 647. The topological polar surface area (TPSA) is 35.5 Å². The number of hydrogen-bond acceptors (Lipinski definition) is 3. The third-order valence-electron chi connectivity index (χ3n) is 3.94. The summed E-state index contributed by atoms with van der Waals surface area (Å²) in [4.78, 5) is 11.3. The second-order valence-corrected chi connectivity index (χ2v) is 5.99. The van der Waals surface area contributed by atoms with E-state index in [-0.39, 0.29) is 12.7 Å². The van der Waals surface area contributed by atoms with Gasteiger partial charge in [-0.25, -0.2) is 4.79 Å². The van der Waals surface area contributed by atoms with Crippen LogP contribution in [0.5, 0.6) is 5.75 Å². The smallest absolute Gasteiger partial charge is 0.330 e. The second-order valence-electron chi connectivity index (χ2n) is 5.99. The molecule has 0 aromatic heterocycles. The van der Waals surface area contributed by atoms with Crippen LogP contribution in [0.2, 0.25) is 0 Å². The van der Waals surface area contributed by atoms with Crippen LogP contribution in [0, 0.1) is 0 Å². The molecule has 0 aliphatic rings. The van der Waals surface area contributed by atoms with E-state index in [9.17, 15) is 4.79 Å². The summed E-state index contributed by atoms with van der Waals surface area (Å²) in [6.07, 6.45) is 4.88. The second kappa shape index (κ2) is 10.3. The van der Waals surface area contributed by atoms with Gasteiger partial charge in [0.15, 0.2) is 0 Å². The van der Waals surface area contributed by atoms with Gasteiger partial charge in [-0.05, 0) is 42.5 Å². The fourth-order valence-corrected chi connectivity index (χ4v) is 2.59. The van der Waals surface area contributed by atoms with Crippen molar-refractivity contribution in [1.29, 1.82) is 0 Å². The Balaban J connectivity index is 1.94. The molecule has 0 fully saturated rings. The quantitative estimate of drug-likeness (QED) is 0.463. The van der Waals surface area contributed by atoms with E-state index in [2.05, 4.69) is 37.8 Å². The standard InChI is InChI=1S/C22H26O3/c1-3-8-18-11-13-19(14-12-18)15-16-21(17-24-22(23)4-2)25-20-9-6-5-7-10-20/h4-7,9-14,21H,2-3,8,15-17H2,1H3. The number of aryl methyl sites for hydroxylation is 2. The molecular formula is C22H26O3. The van der Waals surface area contributed by atoms with E-state index in [0.29, 0.717) is 0 Å². The summed E-state index contributed by atoms with van der Waals surface area (Å²) < 4.78 is 11.2. The zero-order valence-electron chi connectivity index (χ0n) is 14.8. The average Bonchev–Trinajstić information content (AvgIpc) is 2.66. The lowest BCUT2D eigenvalue weighted by atomic mass is 10.0. The van der Waals surface area contributed by atoms with Gasteiger partial charge in [0.1, 0.15) is 18.5 Å². The number of carbonyl (C=O) groups is 1. The molecule has 1 unspecified atom stereocenters. The van der Waals surface area contributed by atoms with E-state index in [1.165, 1.54) is 17.2 Å². The fraction of sp³-hybridized carbons (Fsp3) is 0.318. The van der Waals surface area contributed by atoms with Crippen LogP contribution in [0.3, 0.4) is 0 Å². The number of para-hydroxylation sites is 1. The molecule has 0 saturated carbocycles. The third kappa shape index (κ3) is 6.84. The molecule has 132 valence electrons. The SMILES string of the molecule is C=CC(=O)OCC(CCc1ccc(CCC)cc1)Oc1ccccc1. The summed E-state index contributed by atoms with van der Waals surface area (Å²) in [6, 6.07) is 18.3. The number of benzene rings is 2. The van der Waals surface area contributed by atoms with Crippen molar-refractivity contribution in [2.45, 2.75) is 38.7 Å². The van der Waals surface area contributed by atoms with Crippen LogP contribution in [-0.2, 0) is 22.4 Å². The van der Waals surface area contributed by atoms with Gasteiger partial charge in [0, 0.05) is 6.08 Å². The van der Waals surface area contributed by atoms with Gasteiger partial charge < -0.3 is 9.47 Å². The Morgan fingerprint density at radius 3 is 2.28 bits per heavy atom. The van der Waals surface area contributed by atoms with Gasteiger partial charge in [-0.2, -0.15) is 0 Å². The molecular weight excluding hydrogens is 312 g/mol. The highest BCUT2D eigenvalue weighted by atomic mass is 16.6. The number of rotatable bonds is 10. The summed E-state index contributed by atoms with van der Waals surface area (Å²) in [5.41, 5.74) is 2.62. The molecule has 0 saturated heterocycles. The van der Waals surface area contributed by atoms with Crippen LogP contribution < -0.4 is 4.74 Å². The molecule has 2 rings (SSSR count). The minimum Gasteiger partial charge on any atom is -0.487 e. The van der Waals surface area contributed by atoms with Gasteiger partial charge in [-0.1, -0.05) is 62.4 Å². The van der Waals surface area contributed by atoms with Crippen molar-refractivity contribution < 1.29 is 14.3 Å². The molecule has 3 nitrogen and oxygen atoms in total. The van der Waals surface area contributed by atoms with Gasteiger partial charge >= 0.3 is 5.97 Å². The first kappa shape index (κ1) is 18.8. The van der Waals surface area contributed by atoms with E-state index in [0.717, 1.165) is 31.4 Å². The van der Waals surface area contributed by atoms with E-state index in [1.807, 2.05) is 30.3 Å². The highest BCUT2D eigenvalue weighted by molar-refractivity contribution is 5.81. The lowest BCUT2D eigenvalue weighted by Crippen LogP contribution is -2.25. The summed E-state index contributed by atoms with van der Waals surface area (Å²) in [7, 11) is 0. The van der Waals surface area contributed by atoms with Gasteiger partial charge in [0.2, 0.25) is 0 Å². The van der Waals surface area contributed by atoms with Crippen molar-refractivity contribution in [1.82, 2.24) is 0 Å². The predicted molar refractivity (Wildman–Crippen MR) is 101 cm³/mol. The summed E-state index contributed by atoms with van der Waals surface area (Å²) in [6.45, 7) is 5.82. The fourth-order valence-electron chi connectivity index (χ4n) is 2.59. The number of hydrogen-bond donors (Lipinski definition) is 0. The first-order valence-electron chi connectivity index (χ1n) is 8.80. The molecule has 0 aliphatic heterocycles. The molecule has 25 heavy (non-hydrogen) atoms. The zero-order chi connectivity index (χ0) is 17.9. The van der Waals surface area contributed by atoms with Crippen molar-refractivity contribution in [3.8, 4) is 5.75 Å². The zero-order valence-corrected chi connectivity index (χ0v) is 14.8. The predicted octanol–water partition coefficient (Wildman–Crippen LogP) is 4.75. The van der Waals surface area contributed by atoms with Gasteiger partial charge in [-0.3, -0.25) is 0 Å². The van der Waals surface area contributed by atoms with Crippen LogP contribution in [-0.4, -0.2) is 18.7 Å². The van der Waals surface area contributed by atoms with Gasteiger partial charge in [-0.15, -0.1) is 0 Å². The van der Waals surface area contributed by atoms with Crippen LogP contribution in [0.15, 0.2) is 67.3 Å². The number of esters is 1. The molecule has 2 aromatic rings. The van der Waals surface area contributed by atoms with Crippen molar-refractivity contribution >= 4 is 5.97 Å². The Morgan fingerprint density at radius 2 is 1.68 bits per heavy atom. The number of ether oxygens (including phenoxy) is 2. The molecule has 0 radical (unpaired) electrons. The van der Waals surface area contributed by atoms with E-state index in [1.54, 1.807) is 0 Å². The molecule has 3 heteroatoms. The van der Waals surface area contributed by atoms with Gasteiger partial charge in [0.05, 0.1) is 0 Å². The monoisotopic (exact) mass is 338 g/mol. The Morgan fingerprint density at radius 1 is 1.04 bits per heavy atom. The van der Waals surface area contributed by atoms with E-state index < -0.39 is 5.97 Å². The highest BCUT2D eigenvalue weighted by Crippen LogP contribution is 2.16. The Kier molecular flexibility index (Phi) is 7.77. The third-order valence-corrected chi connectivity index (χ3v) is 3.94. The van der Waals surface area contributed by atoms with Gasteiger partial charge in [0.25, 0.3) is 0 Å². The lowest BCUT2D eigenvalue weighted by Gasteiger charge is -2.19. The molecule has 0 N–H and O–H groups in total. The van der Waals surface area contributed by atoms with E-state index >= 15 is 0 Å². The maximum absolute atomic E-state index is 11.3. The van der Waals surface area contributed by atoms with Crippen LogP contribution >= 0.6 is 0 Å². The normalized spacial score (nSPS) is 11.6. The molecule has 0 aliphatic carbocycles. The lowest BCUT2D eigenvalue weighted by molar-refractivity contribution is -0.140. The highest BCUT2D eigenvalue weighted by Gasteiger charge is 2.13. The van der Waals surface area contributed by atoms with Crippen molar-refractivity contribution in [2.75, 3.05) is 6.61 Å². The maximum atomic E-state index is 11.3. The molecule has 1 atom stereocenters. The number of carbonyl (C=O) groups excluding carboxylic acids is 1. The largest absolute Gasteiger partial charge is 0.487 e. The maximum Gasteiger partial charge on any atom is 0.330 e. The van der Waals surface area contributed by atoms with Crippen molar-refractivity contribution in [3.05, 3.63) is 78.4 Å². The molecule has 0 amide bonds. The molecule has 0 heterocycles. The van der Waals surface area contributed by atoms with E-state index in [4.69, 9.17) is 9.47 Å². The average molecular weight is 338 g/mol. The summed E-state index contributed by atoms with van der Waals surface area (Å²) in [5.74, 6) is 0.353. The molecule has 0 bridgehead atoms. The van der Waals surface area contributed by atoms with Crippen molar-refractivity contribution in [3.63, 3.8) is 0 Å². The first-order valence-corrected chi connectivity index (χ1v) is 8.80. The van der Waals surface area contributed by atoms with Crippen LogP contribution in [0.4, 0.5) is 0 Å². The summed E-state index contributed by atoms with van der Waals surface area (Å²) in [5, 5.41) is 0. The Hall–Kier alpha value is -2.55. The molecule has 0 spiro atoms.